The molecule has 0 aromatic heterocycles. The maximum absolute atomic E-state index is 5.88. The standard InChI is InChI=1S/C16H23BO3/c1-15(2)16(3,4)20-17(19-15)12-8-9-13-18-14-10-6-5-7-11-14/h5-8,10-12H,9,13H2,1-4H3/b12-8+. The van der Waals surface area contributed by atoms with Crippen LogP contribution >= 0.6 is 0 Å². The molecule has 0 saturated carbocycles. The minimum atomic E-state index is -0.275. The smallest absolute Gasteiger partial charge is 0.486 e. The van der Waals surface area contributed by atoms with Crippen molar-refractivity contribution in [1.29, 1.82) is 0 Å². The van der Waals surface area contributed by atoms with Gasteiger partial charge in [0.05, 0.1) is 17.8 Å². The number of para-hydroxylation sites is 1. The number of hydrogen-bond donors (Lipinski definition) is 0. The monoisotopic (exact) mass is 274 g/mol. The molecule has 108 valence electrons. The SMILES string of the molecule is CC1(C)OB(/C=C/CCOc2ccccc2)OC1(C)C. The first-order chi connectivity index (χ1) is 9.41. The minimum absolute atomic E-state index is 0.267. The van der Waals surface area contributed by atoms with E-state index in [0.29, 0.717) is 6.61 Å². The molecule has 2 rings (SSSR count). The highest BCUT2D eigenvalue weighted by Gasteiger charge is 2.49. The van der Waals surface area contributed by atoms with Crippen molar-refractivity contribution in [3.05, 3.63) is 42.4 Å². The zero-order chi connectivity index (χ0) is 14.6. The fourth-order valence-electron chi connectivity index (χ4n) is 1.94. The Labute approximate surface area is 122 Å². The van der Waals surface area contributed by atoms with E-state index in [1.54, 1.807) is 0 Å². The van der Waals surface area contributed by atoms with Crippen LogP contribution in [-0.2, 0) is 9.31 Å². The van der Waals surface area contributed by atoms with E-state index in [-0.39, 0.29) is 18.3 Å². The lowest BCUT2D eigenvalue weighted by atomic mass is 9.90. The zero-order valence-electron chi connectivity index (χ0n) is 12.8. The van der Waals surface area contributed by atoms with Gasteiger partial charge in [0, 0.05) is 0 Å². The molecule has 0 spiro atoms. The lowest BCUT2D eigenvalue weighted by Gasteiger charge is -2.32. The first-order valence-electron chi connectivity index (χ1n) is 7.11. The van der Waals surface area contributed by atoms with Gasteiger partial charge in [0.1, 0.15) is 5.75 Å². The highest BCUT2D eigenvalue weighted by atomic mass is 16.7. The molecule has 0 unspecified atom stereocenters. The highest BCUT2D eigenvalue weighted by Crippen LogP contribution is 2.36. The Morgan fingerprint density at radius 3 is 2.25 bits per heavy atom. The van der Waals surface area contributed by atoms with E-state index >= 15 is 0 Å². The third kappa shape index (κ3) is 3.65. The van der Waals surface area contributed by atoms with Gasteiger partial charge >= 0.3 is 7.12 Å². The molecule has 1 fully saturated rings. The van der Waals surface area contributed by atoms with Crippen LogP contribution in [0.1, 0.15) is 34.1 Å². The van der Waals surface area contributed by atoms with E-state index in [2.05, 4.69) is 27.7 Å². The Balaban J connectivity index is 1.73. The van der Waals surface area contributed by atoms with Crippen LogP contribution in [0.4, 0.5) is 0 Å². The van der Waals surface area contributed by atoms with Gasteiger partial charge in [-0.05, 0) is 46.2 Å². The summed E-state index contributed by atoms with van der Waals surface area (Å²) in [7, 11) is -0.267. The first-order valence-corrected chi connectivity index (χ1v) is 7.11. The van der Waals surface area contributed by atoms with Crippen molar-refractivity contribution >= 4 is 7.12 Å². The van der Waals surface area contributed by atoms with E-state index in [1.165, 1.54) is 0 Å². The Kier molecular flexibility index (Phi) is 4.56. The Bertz CT molecular complexity index is 438. The molecule has 1 aromatic rings. The topological polar surface area (TPSA) is 27.7 Å². The van der Waals surface area contributed by atoms with Gasteiger partial charge < -0.3 is 14.0 Å². The lowest BCUT2D eigenvalue weighted by molar-refractivity contribution is 0.00578. The molecule has 1 aromatic carbocycles. The molecule has 3 nitrogen and oxygen atoms in total. The molecule has 20 heavy (non-hydrogen) atoms. The van der Waals surface area contributed by atoms with Crippen LogP contribution < -0.4 is 4.74 Å². The van der Waals surface area contributed by atoms with Gasteiger partial charge in [-0.2, -0.15) is 0 Å². The Morgan fingerprint density at radius 1 is 1.05 bits per heavy atom. The van der Waals surface area contributed by atoms with Crippen molar-refractivity contribution in [1.82, 2.24) is 0 Å². The minimum Gasteiger partial charge on any atom is -0.493 e. The molecule has 0 atom stereocenters. The quantitative estimate of drug-likeness (QED) is 0.606. The first kappa shape index (κ1) is 15.1. The van der Waals surface area contributed by atoms with Crippen LogP contribution in [0.2, 0.25) is 0 Å². The third-order valence-electron chi connectivity index (χ3n) is 3.86. The molecule has 1 aliphatic heterocycles. The normalized spacial score (nSPS) is 20.5. The maximum atomic E-state index is 5.88. The average Bonchev–Trinajstić information content (AvgIpc) is 2.58. The molecule has 0 aliphatic carbocycles. The number of benzene rings is 1. The lowest BCUT2D eigenvalue weighted by Crippen LogP contribution is -2.41. The van der Waals surface area contributed by atoms with Crippen molar-refractivity contribution < 1.29 is 14.0 Å². The van der Waals surface area contributed by atoms with Gasteiger partial charge in [-0.25, -0.2) is 0 Å². The summed E-state index contributed by atoms with van der Waals surface area (Å²) in [4.78, 5) is 0. The molecule has 0 amide bonds. The van der Waals surface area contributed by atoms with E-state index in [4.69, 9.17) is 14.0 Å². The molecule has 1 heterocycles. The number of rotatable bonds is 5. The van der Waals surface area contributed by atoms with Crippen LogP contribution in [0.3, 0.4) is 0 Å². The van der Waals surface area contributed by atoms with Crippen molar-refractivity contribution in [3.63, 3.8) is 0 Å². The van der Waals surface area contributed by atoms with Crippen LogP contribution in [0, 0.1) is 0 Å². The van der Waals surface area contributed by atoms with Crippen LogP contribution in [0.25, 0.3) is 0 Å². The average molecular weight is 274 g/mol. The summed E-state index contributed by atoms with van der Waals surface area (Å²) < 4.78 is 17.4. The van der Waals surface area contributed by atoms with Gasteiger partial charge in [0.2, 0.25) is 0 Å². The zero-order valence-corrected chi connectivity index (χ0v) is 12.8. The Morgan fingerprint density at radius 2 is 1.65 bits per heavy atom. The second-order valence-electron chi connectivity index (χ2n) is 6.00. The summed E-state index contributed by atoms with van der Waals surface area (Å²) in [5.74, 6) is 2.86. The second kappa shape index (κ2) is 6.02. The predicted molar refractivity (Wildman–Crippen MR) is 81.8 cm³/mol. The molecule has 0 N–H and O–H groups in total. The van der Waals surface area contributed by atoms with Crippen molar-refractivity contribution in [2.75, 3.05) is 6.61 Å². The largest absolute Gasteiger partial charge is 0.493 e. The van der Waals surface area contributed by atoms with Crippen molar-refractivity contribution in [3.8, 4) is 5.75 Å². The predicted octanol–water partition coefficient (Wildman–Crippen LogP) is 3.64. The summed E-state index contributed by atoms with van der Waals surface area (Å²) in [6.07, 6.45) is 2.88. The van der Waals surface area contributed by atoms with Gasteiger partial charge in [-0.3, -0.25) is 0 Å². The van der Waals surface area contributed by atoms with Crippen molar-refractivity contribution in [2.45, 2.75) is 45.3 Å². The fourth-order valence-corrected chi connectivity index (χ4v) is 1.94. The van der Waals surface area contributed by atoms with Gasteiger partial charge in [-0.1, -0.05) is 30.3 Å². The third-order valence-corrected chi connectivity index (χ3v) is 3.86. The van der Waals surface area contributed by atoms with Gasteiger partial charge in [-0.15, -0.1) is 0 Å². The van der Waals surface area contributed by atoms with Crippen LogP contribution in [0.5, 0.6) is 5.75 Å². The second-order valence-corrected chi connectivity index (χ2v) is 6.00. The van der Waals surface area contributed by atoms with Crippen LogP contribution in [0.15, 0.2) is 42.4 Å². The molecule has 1 aliphatic rings. The van der Waals surface area contributed by atoms with Crippen molar-refractivity contribution in [2.24, 2.45) is 0 Å². The Hall–Kier alpha value is -1.26. The number of ether oxygens (including phenoxy) is 1. The maximum Gasteiger partial charge on any atom is 0.486 e. The van der Waals surface area contributed by atoms with E-state index in [0.717, 1.165) is 12.2 Å². The molecule has 4 heteroatoms. The molecular formula is C16H23BO3. The summed E-state index contributed by atoms with van der Waals surface area (Å²) in [5, 5.41) is 0. The van der Waals surface area contributed by atoms with E-state index in [9.17, 15) is 0 Å². The summed E-state index contributed by atoms with van der Waals surface area (Å²) in [5.41, 5.74) is -0.551. The van der Waals surface area contributed by atoms with Gasteiger partial charge in [0.15, 0.2) is 0 Å². The van der Waals surface area contributed by atoms with Crippen LogP contribution in [-0.4, -0.2) is 24.9 Å². The number of hydrogen-bond acceptors (Lipinski definition) is 3. The molecule has 0 bridgehead atoms. The molecular weight excluding hydrogens is 251 g/mol. The van der Waals surface area contributed by atoms with E-state index in [1.807, 2.05) is 42.4 Å². The highest BCUT2D eigenvalue weighted by molar-refractivity contribution is 6.51. The molecule has 1 saturated heterocycles. The summed E-state index contributed by atoms with van der Waals surface area (Å²) >= 11 is 0. The summed E-state index contributed by atoms with van der Waals surface area (Å²) in [6, 6.07) is 9.83. The van der Waals surface area contributed by atoms with E-state index < -0.39 is 0 Å². The van der Waals surface area contributed by atoms with Gasteiger partial charge in [0.25, 0.3) is 0 Å². The molecule has 0 radical (unpaired) electrons. The summed E-state index contributed by atoms with van der Waals surface area (Å²) in [6.45, 7) is 8.87. The fraction of sp³-hybridized carbons (Fsp3) is 0.500.